The molecule has 1 atom stereocenters. The number of hydrogen-bond donors (Lipinski definition) is 2. The van der Waals surface area contributed by atoms with Crippen LogP contribution in [0.5, 0.6) is 0 Å². The fourth-order valence-electron chi connectivity index (χ4n) is 1.66. The molecule has 7 heteroatoms. The van der Waals surface area contributed by atoms with Crippen molar-refractivity contribution in [1.82, 2.24) is 14.3 Å². The maximum atomic E-state index is 11.9. The van der Waals surface area contributed by atoms with Gasteiger partial charge in [-0.1, -0.05) is 0 Å². The van der Waals surface area contributed by atoms with Crippen LogP contribution in [0.3, 0.4) is 0 Å². The Morgan fingerprint density at radius 3 is 3.00 bits per heavy atom. The highest BCUT2D eigenvalue weighted by Crippen LogP contribution is 2.18. The van der Waals surface area contributed by atoms with Crippen LogP contribution in [-0.2, 0) is 10.0 Å². The van der Waals surface area contributed by atoms with E-state index in [1.807, 2.05) is 0 Å². The first-order valence-electron chi connectivity index (χ1n) is 4.77. The summed E-state index contributed by atoms with van der Waals surface area (Å²) in [5.41, 5.74) is 0. The summed E-state index contributed by atoms with van der Waals surface area (Å²) in [6, 6.07) is 0. The van der Waals surface area contributed by atoms with Crippen LogP contribution >= 0.6 is 0 Å². The van der Waals surface area contributed by atoms with E-state index in [2.05, 4.69) is 9.97 Å². The van der Waals surface area contributed by atoms with E-state index in [-0.39, 0.29) is 11.6 Å². The normalized spacial score (nSPS) is 24.2. The number of β-amino-alcohol motifs (C(OH)–C–C–N with tert-alkyl or cyclic N) is 1. The third kappa shape index (κ3) is 2.04. The molecule has 15 heavy (non-hydrogen) atoms. The zero-order valence-electron chi connectivity index (χ0n) is 8.13. The molecule has 1 aromatic heterocycles. The van der Waals surface area contributed by atoms with Crippen molar-refractivity contribution in [3.63, 3.8) is 0 Å². The van der Waals surface area contributed by atoms with Gasteiger partial charge in [0.05, 0.1) is 18.6 Å². The number of imidazole rings is 1. The number of nitrogens with one attached hydrogen (secondary N) is 1. The fraction of sp³-hybridized carbons (Fsp3) is 0.625. The van der Waals surface area contributed by atoms with Crippen molar-refractivity contribution in [2.75, 3.05) is 13.1 Å². The van der Waals surface area contributed by atoms with Crippen molar-refractivity contribution in [1.29, 1.82) is 0 Å². The van der Waals surface area contributed by atoms with E-state index >= 15 is 0 Å². The molecule has 1 fully saturated rings. The summed E-state index contributed by atoms with van der Waals surface area (Å²) in [4.78, 5) is 6.25. The predicted octanol–water partition coefficient (Wildman–Crippen LogP) is -0.445. The fourth-order valence-corrected chi connectivity index (χ4v) is 3.07. The molecule has 1 aliphatic rings. The lowest BCUT2D eigenvalue weighted by atomic mass is 10.1. The molecule has 0 aliphatic carbocycles. The van der Waals surface area contributed by atoms with Gasteiger partial charge in [0.25, 0.3) is 10.0 Å². The van der Waals surface area contributed by atoms with E-state index in [9.17, 15) is 13.5 Å². The number of aliphatic hydroxyl groups is 1. The lowest BCUT2D eigenvalue weighted by molar-refractivity contribution is 0.108. The van der Waals surface area contributed by atoms with Gasteiger partial charge in [-0.25, -0.2) is 13.4 Å². The average molecular weight is 231 g/mol. The number of H-pyrrole nitrogens is 1. The predicted molar refractivity (Wildman–Crippen MR) is 52.6 cm³/mol. The van der Waals surface area contributed by atoms with Crippen LogP contribution in [0, 0.1) is 0 Å². The number of aromatic amines is 1. The van der Waals surface area contributed by atoms with Crippen molar-refractivity contribution < 1.29 is 13.5 Å². The summed E-state index contributed by atoms with van der Waals surface area (Å²) >= 11 is 0. The number of aromatic nitrogens is 2. The molecule has 1 saturated heterocycles. The number of nitrogens with zero attached hydrogens (tertiary/aromatic N) is 2. The molecule has 0 amide bonds. The summed E-state index contributed by atoms with van der Waals surface area (Å²) < 4.78 is 25.2. The molecule has 0 saturated carbocycles. The van der Waals surface area contributed by atoms with Crippen molar-refractivity contribution in [3.8, 4) is 0 Å². The highest BCUT2D eigenvalue weighted by molar-refractivity contribution is 7.89. The van der Waals surface area contributed by atoms with Crippen LogP contribution in [-0.4, -0.2) is 47.0 Å². The Morgan fingerprint density at radius 1 is 1.60 bits per heavy atom. The van der Waals surface area contributed by atoms with Crippen molar-refractivity contribution >= 4 is 10.0 Å². The largest absolute Gasteiger partial charge is 0.392 e. The van der Waals surface area contributed by atoms with Crippen LogP contribution in [0.25, 0.3) is 0 Å². The Balaban J connectivity index is 2.22. The Morgan fingerprint density at radius 2 is 2.40 bits per heavy atom. The standard InChI is InChI=1S/C8H13N3O3S/c12-7-2-1-3-11(5-7)15(13,14)8-4-9-6-10-8/h4,6-7,12H,1-3,5H2,(H,9,10)/t7-/m0/s1. The van der Waals surface area contributed by atoms with Gasteiger partial charge in [-0.2, -0.15) is 4.31 Å². The molecule has 2 heterocycles. The topological polar surface area (TPSA) is 86.3 Å². The van der Waals surface area contributed by atoms with Gasteiger partial charge in [-0.05, 0) is 12.8 Å². The molecule has 0 unspecified atom stereocenters. The zero-order valence-corrected chi connectivity index (χ0v) is 8.94. The molecule has 2 rings (SSSR count). The van der Waals surface area contributed by atoms with Gasteiger partial charge in [0.1, 0.15) is 0 Å². The van der Waals surface area contributed by atoms with E-state index in [0.29, 0.717) is 19.4 Å². The van der Waals surface area contributed by atoms with Crippen molar-refractivity contribution in [2.24, 2.45) is 0 Å². The van der Waals surface area contributed by atoms with E-state index in [4.69, 9.17) is 0 Å². The minimum atomic E-state index is -3.50. The average Bonchev–Trinajstić information content (AvgIpc) is 2.71. The summed E-state index contributed by atoms with van der Waals surface area (Å²) in [7, 11) is -3.50. The third-order valence-corrected chi connectivity index (χ3v) is 4.24. The van der Waals surface area contributed by atoms with Crippen LogP contribution in [0.1, 0.15) is 12.8 Å². The molecule has 1 aromatic rings. The first kappa shape index (κ1) is 10.6. The SMILES string of the molecule is O=S(=O)(c1cnc[nH]1)N1CCC[C@H](O)C1. The number of hydrogen-bond acceptors (Lipinski definition) is 4. The van der Waals surface area contributed by atoms with Gasteiger partial charge >= 0.3 is 0 Å². The number of aliphatic hydroxyl groups excluding tert-OH is 1. The minimum Gasteiger partial charge on any atom is -0.392 e. The zero-order chi connectivity index (χ0) is 10.9. The van der Waals surface area contributed by atoms with Gasteiger partial charge in [0, 0.05) is 13.1 Å². The molecule has 84 valence electrons. The summed E-state index contributed by atoms with van der Waals surface area (Å²) in [5.74, 6) is 0. The second-order valence-corrected chi connectivity index (χ2v) is 5.48. The molecule has 2 N–H and O–H groups in total. The number of rotatable bonds is 2. The summed E-state index contributed by atoms with van der Waals surface area (Å²) in [6.45, 7) is 0.625. The highest BCUT2D eigenvalue weighted by atomic mass is 32.2. The summed E-state index contributed by atoms with van der Waals surface area (Å²) in [6.07, 6.45) is 3.39. The van der Waals surface area contributed by atoms with Gasteiger partial charge in [-0.3, -0.25) is 0 Å². The molecular weight excluding hydrogens is 218 g/mol. The molecule has 0 spiro atoms. The molecule has 0 aromatic carbocycles. The molecule has 0 radical (unpaired) electrons. The minimum absolute atomic E-state index is 0.0802. The Bertz CT molecular complexity index is 414. The Labute approximate surface area is 88.0 Å². The smallest absolute Gasteiger partial charge is 0.260 e. The van der Waals surface area contributed by atoms with E-state index in [0.717, 1.165) is 0 Å². The van der Waals surface area contributed by atoms with Crippen LogP contribution < -0.4 is 0 Å². The lowest BCUT2D eigenvalue weighted by Crippen LogP contribution is -2.42. The first-order valence-corrected chi connectivity index (χ1v) is 6.21. The van der Waals surface area contributed by atoms with Gasteiger partial charge in [0.2, 0.25) is 0 Å². The Hall–Kier alpha value is -0.920. The van der Waals surface area contributed by atoms with Crippen LogP contribution in [0.2, 0.25) is 0 Å². The quantitative estimate of drug-likeness (QED) is 0.722. The molecule has 1 aliphatic heterocycles. The highest BCUT2D eigenvalue weighted by Gasteiger charge is 2.30. The number of piperidine rings is 1. The molecule has 6 nitrogen and oxygen atoms in total. The van der Waals surface area contributed by atoms with Gasteiger partial charge in [-0.15, -0.1) is 0 Å². The van der Waals surface area contributed by atoms with E-state index in [1.54, 1.807) is 0 Å². The van der Waals surface area contributed by atoms with Crippen LogP contribution in [0.4, 0.5) is 0 Å². The van der Waals surface area contributed by atoms with Crippen molar-refractivity contribution in [3.05, 3.63) is 12.5 Å². The summed E-state index contributed by atoms with van der Waals surface area (Å²) in [5, 5.41) is 9.49. The van der Waals surface area contributed by atoms with E-state index < -0.39 is 16.1 Å². The first-order chi connectivity index (χ1) is 7.10. The maximum Gasteiger partial charge on any atom is 0.260 e. The molecule has 0 bridgehead atoms. The second kappa shape index (κ2) is 3.92. The Kier molecular flexibility index (Phi) is 2.76. The van der Waals surface area contributed by atoms with Crippen molar-refractivity contribution in [2.45, 2.75) is 24.0 Å². The van der Waals surface area contributed by atoms with Gasteiger partial charge < -0.3 is 10.1 Å². The molecular formula is C8H13N3O3S. The maximum absolute atomic E-state index is 11.9. The number of sulfonamides is 1. The third-order valence-electron chi connectivity index (χ3n) is 2.45. The monoisotopic (exact) mass is 231 g/mol. The second-order valence-electron chi connectivity index (χ2n) is 3.57. The van der Waals surface area contributed by atoms with Gasteiger partial charge in [0.15, 0.2) is 5.03 Å². The van der Waals surface area contributed by atoms with Crippen LogP contribution in [0.15, 0.2) is 17.6 Å². The van der Waals surface area contributed by atoms with E-state index in [1.165, 1.54) is 16.8 Å². The lowest BCUT2D eigenvalue weighted by Gasteiger charge is -2.28.